The summed E-state index contributed by atoms with van der Waals surface area (Å²) in [7, 11) is 11.3. The van der Waals surface area contributed by atoms with Gasteiger partial charge in [-0.2, -0.15) is 5.10 Å². The van der Waals surface area contributed by atoms with Gasteiger partial charge in [-0.1, -0.05) is 61.2 Å². The first kappa shape index (κ1) is 40.6. The van der Waals surface area contributed by atoms with E-state index in [2.05, 4.69) is 68.7 Å². The first-order valence-corrected chi connectivity index (χ1v) is 28.1. The Morgan fingerprint density at radius 3 is 1.83 bits per heavy atom. The second kappa shape index (κ2) is 19.7. The maximum atomic E-state index is 6.14. The van der Waals surface area contributed by atoms with Gasteiger partial charge < -0.3 is 14.6 Å². The predicted octanol–water partition coefficient (Wildman–Crippen LogP) is 12.8. The summed E-state index contributed by atoms with van der Waals surface area (Å²) in [5.74, 6) is 0.998. The number of hydrazone groups is 1. The monoisotopic (exact) mass is 875 g/mol. The third-order valence-corrected chi connectivity index (χ3v) is 19.1. The third-order valence-electron chi connectivity index (χ3n) is 12.7. The Morgan fingerprint density at radius 2 is 1.28 bits per heavy atom. The molecule has 3 aromatic carbocycles. The molecule has 2 heterocycles. The van der Waals surface area contributed by atoms with Gasteiger partial charge in [0.1, 0.15) is 12.4 Å². The fourth-order valence-electron chi connectivity index (χ4n) is 10.5. The van der Waals surface area contributed by atoms with Gasteiger partial charge in [0, 0.05) is 20.0 Å². The van der Waals surface area contributed by atoms with Gasteiger partial charge in [-0.3, -0.25) is 0 Å². The molecular weight excluding hydrogens is 813 g/mol. The van der Waals surface area contributed by atoms with Crippen molar-refractivity contribution >= 4 is 43.4 Å². The van der Waals surface area contributed by atoms with Crippen molar-refractivity contribution < 1.29 is 18.3 Å². The molecule has 0 N–H and O–H groups in total. The molecule has 8 heteroatoms. The average Bonchev–Trinajstić information content (AvgIpc) is 3.78. The average molecular weight is 876 g/mol. The van der Waals surface area contributed by atoms with Crippen LogP contribution in [0.5, 0.6) is 0 Å². The van der Waals surface area contributed by atoms with Crippen molar-refractivity contribution in [3.05, 3.63) is 107 Å². The first-order chi connectivity index (χ1) is 26.4. The number of hydrogen-bond acceptors (Lipinski definition) is 4. The number of nitrogens with zero attached hydrogens (tertiary/aromatic N) is 3. The Bertz CT molecular complexity index is 1660. The van der Waals surface area contributed by atoms with Crippen LogP contribution in [0.2, 0.25) is 0 Å². The van der Waals surface area contributed by atoms with Gasteiger partial charge in [0.25, 0.3) is 0 Å². The second-order valence-electron chi connectivity index (χ2n) is 16.6. The number of rotatable bonds is 5. The molecule has 3 saturated carbocycles. The Morgan fingerprint density at radius 1 is 0.741 bits per heavy atom. The summed E-state index contributed by atoms with van der Waals surface area (Å²) >= 11 is -1.61. The summed E-state index contributed by atoms with van der Waals surface area (Å²) < 4.78 is 8.07. The minimum atomic E-state index is -1.61. The van der Waals surface area contributed by atoms with Gasteiger partial charge in [-0.15, -0.1) is 6.67 Å². The van der Waals surface area contributed by atoms with Crippen LogP contribution >= 0.6 is 27.3 Å². The molecule has 0 bridgehead atoms. The molecule has 294 valence electrons. The van der Waals surface area contributed by atoms with E-state index in [0.717, 1.165) is 17.8 Å². The summed E-state index contributed by atoms with van der Waals surface area (Å²) in [5, 5.41) is 6.89. The number of amidine groups is 1. The molecule has 1 saturated heterocycles. The Labute approximate surface area is 340 Å². The molecule has 4 fully saturated rings. The standard InChI is InChI=1S/C21H22N3O.C18H33P.C7H6.2ClH.Ru/c1-13-8-14(2)20(15(3)9-13)24-12-23-19(22-24)11-25-18-10-16-6-4-5-7-17(16)21(18)23;1-4-10-16(11-5-1)19(17-12-6-2-7-13-17)18-14-8-3-9-15-18;1-7-5-3-2-4-6-7;;;/h4-9,12,18,21H,10-11H2,1-3H3;16-18H,1-15H2;1-6H;2*1H;/q-1;;;;;+2/p-1. The molecule has 0 spiro atoms. The van der Waals surface area contributed by atoms with E-state index in [1.54, 1.807) is 96.3 Å². The van der Waals surface area contributed by atoms with E-state index in [0.29, 0.717) is 6.61 Å². The molecule has 9 rings (SSSR count). The Kier molecular flexibility index (Phi) is 14.8. The number of anilines is 1. The molecule has 0 radical (unpaired) electrons. The van der Waals surface area contributed by atoms with Crippen molar-refractivity contribution in [2.24, 2.45) is 5.10 Å². The van der Waals surface area contributed by atoms with E-state index in [-0.39, 0.29) is 20.1 Å². The zero-order valence-corrected chi connectivity index (χ0v) is 37.0. The zero-order valence-electron chi connectivity index (χ0n) is 32.8. The van der Waals surface area contributed by atoms with Gasteiger partial charge in [0.2, 0.25) is 0 Å². The van der Waals surface area contributed by atoms with Gasteiger partial charge in [-0.25, -0.2) is 0 Å². The fourth-order valence-corrected chi connectivity index (χ4v) is 17.5. The predicted molar refractivity (Wildman–Crippen MR) is 232 cm³/mol. The van der Waals surface area contributed by atoms with Crippen molar-refractivity contribution in [3.8, 4) is 0 Å². The summed E-state index contributed by atoms with van der Waals surface area (Å²) in [6, 6.07) is 23.2. The van der Waals surface area contributed by atoms with E-state index in [4.69, 9.17) is 29.2 Å². The Hall–Kier alpha value is -1.61. The number of morpholine rings is 1. The molecule has 4 aliphatic carbocycles. The molecule has 3 aromatic rings. The summed E-state index contributed by atoms with van der Waals surface area (Å²) in [5.41, 5.74) is 12.5. The topological polar surface area (TPSA) is 28.1 Å². The van der Waals surface area contributed by atoms with Gasteiger partial charge >= 0.3 is 73.4 Å². The third kappa shape index (κ3) is 10.1. The van der Waals surface area contributed by atoms with Crippen molar-refractivity contribution in [2.45, 2.75) is 153 Å². The number of aryl methyl sites for hydroxylation is 3. The van der Waals surface area contributed by atoms with E-state index in [9.17, 15) is 0 Å². The van der Waals surface area contributed by atoms with Crippen LogP contribution in [0.15, 0.2) is 71.8 Å². The fraction of sp³-hybridized carbons (Fsp3) is 0.543. The summed E-state index contributed by atoms with van der Waals surface area (Å²) in [4.78, 5) is 2.32. The SMILES string of the molecule is C1CCC([PH+](C2CCCCC2)C2CCCCC2)CC1.Cc1cc(C)c(N2[CH-]N3C(=N2)COC2Cc4ccccc4C23)c(C)c1.[Cl][Ru]([Cl])=[CH]c1ccccc1. The number of hydrogen-bond donors (Lipinski definition) is 0. The van der Waals surface area contributed by atoms with Crippen LogP contribution in [0, 0.1) is 27.4 Å². The van der Waals surface area contributed by atoms with Crippen molar-refractivity contribution in [1.82, 2.24) is 4.90 Å². The summed E-state index contributed by atoms with van der Waals surface area (Å²) in [6.07, 6.45) is 25.0. The van der Waals surface area contributed by atoms with Crippen molar-refractivity contribution in [3.63, 3.8) is 0 Å². The van der Waals surface area contributed by atoms with Crippen LogP contribution in [-0.4, -0.2) is 45.0 Å². The molecule has 6 aliphatic rings. The molecular formula is C46H62Cl2N3OPRu. The molecule has 2 atom stereocenters. The Balaban J connectivity index is 0.000000137. The van der Waals surface area contributed by atoms with E-state index in [1.165, 1.54) is 50.5 Å². The van der Waals surface area contributed by atoms with Gasteiger partial charge in [-0.05, 0) is 120 Å². The molecule has 4 nitrogen and oxygen atoms in total. The molecule has 2 unspecified atom stereocenters. The second-order valence-corrected chi connectivity index (χ2v) is 25.7. The minimum absolute atomic E-state index is 0.0465. The zero-order chi connectivity index (χ0) is 37.4. The number of benzene rings is 3. The number of ether oxygens (including phenoxy) is 1. The molecule has 0 amide bonds. The van der Waals surface area contributed by atoms with Crippen LogP contribution in [0.3, 0.4) is 0 Å². The number of fused-ring (bicyclic) bond motifs is 5. The first-order valence-electron chi connectivity index (χ1n) is 20.9. The van der Waals surface area contributed by atoms with Crippen LogP contribution in [-0.2, 0) is 24.7 Å². The van der Waals surface area contributed by atoms with Crippen LogP contribution in [0.1, 0.15) is 136 Å². The quantitative estimate of drug-likeness (QED) is 0.145. The van der Waals surface area contributed by atoms with Crippen molar-refractivity contribution in [2.75, 3.05) is 11.6 Å². The van der Waals surface area contributed by atoms with E-state index < -0.39 is 13.5 Å². The van der Waals surface area contributed by atoms with Gasteiger partial charge in [0.15, 0.2) is 0 Å². The summed E-state index contributed by atoms with van der Waals surface area (Å²) in [6.45, 7) is 9.19. The maximum absolute atomic E-state index is 6.14. The van der Waals surface area contributed by atoms with Gasteiger partial charge in [0.05, 0.1) is 29.1 Å². The molecule has 0 aromatic heterocycles. The molecule has 2 aliphatic heterocycles. The normalized spacial score (nSPS) is 23.3. The van der Waals surface area contributed by atoms with Crippen molar-refractivity contribution in [1.29, 1.82) is 0 Å². The number of halogens is 2. The van der Waals surface area contributed by atoms with Crippen LogP contribution < -0.4 is 5.01 Å². The molecule has 54 heavy (non-hydrogen) atoms. The van der Waals surface area contributed by atoms with Crippen LogP contribution in [0.4, 0.5) is 5.69 Å². The van der Waals surface area contributed by atoms with E-state index >= 15 is 0 Å². The van der Waals surface area contributed by atoms with E-state index in [1.807, 2.05) is 40.0 Å². The van der Waals surface area contributed by atoms with Crippen LogP contribution in [0.25, 0.3) is 0 Å².